The highest BCUT2D eigenvalue weighted by Crippen LogP contribution is 2.35. The second kappa shape index (κ2) is 12.6. The summed E-state index contributed by atoms with van der Waals surface area (Å²) in [4.78, 5) is 49.5. The molecule has 0 aromatic heterocycles. The molecule has 3 rings (SSSR count). The lowest BCUT2D eigenvalue weighted by atomic mass is 9.76. The van der Waals surface area contributed by atoms with Crippen LogP contribution in [0.2, 0.25) is 0 Å². The van der Waals surface area contributed by atoms with Crippen LogP contribution in [0.15, 0.2) is 47.4 Å². The number of rotatable bonds is 11. The molecule has 2 amide bonds. The first-order chi connectivity index (χ1) is 18.7. The fraction of sp³-hybridized carbons (Fsp3) is 0.429. The molecule has 1 fully saturated rings. The van der Waals surface area contributed by atoms with Crippen molar-refractivity contribution < 1.29 is 32.9 Å². The molecule has 0 aliphatic carbocycles. The monoisotopic (exact) mass is 572 g/mol. The van der Waals surface area contributed by atoms with Crippen LogP contribution < -0.4 is 17.0 Å². The Morgan fingerprint density at radius 1 is 0.900 bits per heavy atom. The van der Waals surface area contributed by atoms with Gasteiger partial charge in [-0.2, -0.15) is 4.31 Å². The van der Waals surface area contributed by atoms with E-state index in [2.05, 4.69) is 5.43 Å². The Labute approximate surface area is 236 Å². The van der Waals surface area contributed by atoms with Crippen molar-refractivity contribution in [1.29, 1.82) is 0 Å². The lowest BCUT2D eigenvalue weighted by Gasteiger charge is -2.34. The Bertz CT molecular complexity index is 1290. The van der Waals surface area contributed by atoms with Crippen LogP contribution in [0.25, 0.3) is 0 Å². The number of nitrogens with two attached hydrogens (primary N) is 2. The van der Waals surface area contributed by atoms with Crippen LogP contribution in [-0.2, 0) is 30.0 Å². The maximum atomic E-state index is 12.7. The van der Waals surface area contributed by atoms with Crippen molar-refractivity contribution >= 4 is 46.1 Å². The highest BCUT2D eigenvalue weighted by atomic mass is 32.2. The first-order valence-corrected chi connectivity index (χ1v) is 13.9. The summed E-state index contributed by atoms with van der Waals surface area (Å²) in [5, 5.41) is 0. The molecule has 1 aliphatic heterocycles. The summed E-state index contributed by atoms with van der Waals surface area (Å²) < 4.78 is 24.6. The number of ether oxygens (including phenoxy) is 2. The standard InChI is InChI=1S/C28H36N4O7S/c1-27(2,15-28(3,4)17-39-26(36)19-10-13-22(31-30)21(29)14-19)16-38-25(35)18-8-11-20(12-9-18)40(37)32-23(33)6-5-7-24(32)34/h8-14,31H,5-7,15-17,29-30H2,1-4H3. The van der Waals surface area contributed by atoms with Crippen molar-refractivity contribution in [2.75, 3.05) is 24.4 Å². The number of anilines is 2. The van der Waals surface area contributed by atoms with Gasteiger partial charge < -0.3 is 20.6 Å². The molecule has 1 atom stereocenters. The van der Waals surface area contributed by atoms with Crippen molar-refractivity contribution in [1.82, 2.24) is 4.31 Å². The lowest BCUT2D eigenvalue weighted by Crippen LogP contribution is -2.41. The van der Waals surface area contributed by atoms with Gasteiger partial charge in [-0.15, -0.1) is 0 Å². The van der Waals surface area contributed by atoms with E-state index in [4.69, 9.17) is 21.1 Å². The molecule has 1 aliphatic rings. The molecule has 0 saturated carbocycles. The zero-order valence-electron chi connectivity index (χ0n) is 23.2. The number of benzene rings is 2. The van der Waals surface area contributed by atoms with Crippen molar-refractivity contribution in [2.45, 2.75) is 58.3 Å². The van der Waals surface area contributed by atoms with Crippen molar-refractivity contribution in [2.24, 2.45) is 16.7 Å². The van der Waals surface area contributed by atoms with Gasteiger partial charge in [0.1, 0.15) is 0 Å². The molecular formula is C28H36N4O7S. The maximum absolute atomic E-state index is 12.7. The number of esters is 2. The van der Waals surface area contributed by atoms with E-state index in [1.165, 1.54) is 30.3 Å². The number of amides is 2. The van der Waals surface area contributed by atoms with Gasteiger partial charge in [0, 0.05) is 12.8 Å². The molecule has 5 N–H and O–H groups in total. The van der Waals surface area contributed by atoms with Gasteiger partial charge in [-0.05, 0) is 66.1 Å². The molecule has 0 bridgehead atoms. The first-order valence-electron chi connectivity index (χ1n) is 12.8. The van der Waals surface area contributed by atoms with E-state index < -0.39 is 45.6 Å². The molecular weight excluding hydrogens is 536 g/mol. The minimum Gasteiger partial charge on any atom is -0.462 e. The van der Waals surface area contributed by atoms with Gasteiger partial charge in [-0.1, -0.05) is 27.7 Å². The molecule has 11 nitrogen and oxygen atoms in total. The number of nitrogens with zero attached hydrogens (tertiary/aromatic N) is 1. The number of carbonyl (C=O) groups excluding carboxylic acids is 4. The average molecular weight is 573 g/mol. The zero-order chi connectivity index (χ0) is 29.7. The summed E-state index contributed by atoms with van der Waals surface area (Å²) in [6.45, 7) is 8.05. The number of hydrogen-bond acceptors (Lipinski definition) is 10. The quantitative estimate of drug-likeness (QED) is 0.119. The Balaban J connectivity index is 1.52. The fourth-order valence-electron chi connectivity index (χ4n) is 4.64. The third-order valence-corrected chi connectivity index (χ3v) is 7.69. The number of hydrogen-bond donors (Lipinski definition) is 3. The van der Waals surface area contributed by atoms with Gasteiger partial charge in [0.05, 0.1) is 40.6 Å². The third-order valence-electron chi connectivity index (χ3n) is 6.28. The molecule has 2 aromatic carbocycles. The molecule has 1 unspecified atom stereocenters. The minimum absolute atomic E-state index is 0.109. The molecule has 0 spiro atoms. The number of piperidine rings is 1. The molecule has 12 heteroatoms. The summed E-state index contributed by atoms with van der Waals surface area (Å²) in [5.74, 6) is 3.36. The summed E-state index contributed by atoms with van der Waals surface area (Å²) in [7, 11) is -1.97. The molecule has 0 radical (unpaired) electrons. The van der Waals surface area contributed by atoms with Crippen molar-refractivity contribution in [3.63, 3.8) is 0 Å². The van der Waals surface area contributed by atoms with E-state index in [-0.39, 0.29) is 36.5 Å². The predicted octanol–water partition coefficient (Wildman–Crippen LogP) is 3.57. The van der Waals surface area contributed by atoms with E-state index in [1.807, 2.05) is 27.7 Å². The van der Waals surface area contributed by atoms with E-state index in [0.717, 1.165) is 4.31 Å². The summed E-state index contributed by atoms with van der Waals surface area (Å²) >= 11 is 0. The largest absolute Gasteiger partial charge is 0.462 e. The van der Waals surface area contributed by atoms with Gasteiger partial charge >= 0.3 is 11.9 Å². The Hall–Kier alpha value is -3.77. The predicted molar refractivity (Wildman–Crippen MR) is 150 cm³/mol. The van der Waals surface area contributed by atoms with Crippen LogP contribution in [0, 0.1) is 10.8 Å². The molecule has 1 heterocycles. The first kappa shape index (κ1) is 30.8. The van der Waals surface area contributed by atoms with E-state index in [9.17, 15) is 23.4 Å². The second-order valence-electron chi connectivity index (χ2n) is 11.3. The van der Waals surface area contributed by atoms with Gasteiger partial charge in [-0.3, -0.25) is 15.4 Å². The number of imide groups is 1. The Morgan fingerprint density at radius 3 is 1.90 bits per heavy atom. The van der Waals surface area contributed by atoms with Crippen LogP contribution in [0.5, 0.6) is 0 Å². The highest BCUT2D eigenvalue weighted by Gasteiger charge is 2.33. The number of nitrogen functional groups attached to an aromatic ring is 2. The molecule has 2 aromatic rings. The molecule has 1 saturated heterocycles. The van der Waals surface area contributed by atoms with Crippen LogP contribution >= 0.6 is 0 Å². The SMILES string of the molecule is CC(C)(COC(=O)c1ccc(S(=O)N2C(=O)CCCC2=O)cc1)CC(C)(C)COC(=O)c1ccc(NN)c(N)c1. The van der Waals surface area contributed by atoms with E-state index in [1.54, 1.807) is 12.1 Å². The second-order valence-corrected chi connectivity index (χ2v) is 12.6. The lowest BCUT2D eigenvalue weighted by molar-refractivity contribution is -0.141. The Morgan fingerprint density at radius 2 is 1.40 bits per heavy atom. The smallest absolute Gasteiger partial charge is 0.338 e. The maximum Gasteiger partial charge on any atom is 0.338 e. The van der Waals surface area contributed by atoms with Gasteiger partial charge in [0.25, 0.3) is 0 Å². The Kier molecular flexibility index (Phi) is 9.69. The number of nitrogens with one attached hydrogen (secondary N) is 1. The topological polar surface area (TPSA) is 171 Å². The van der Waals surface area contributed by atoms with Crippen LogP contribution in [0.4, 0.5) is 11.4 Å². The van der Waals surface area contributed by atoms with E-state index >= 15 is 0 Å². The highest BCUT2D eigenvalue weighted by molar-refractivity contribution is 7.83. The van der Waals surface area contributed by atoms with Crippen molar-refractivity contribution in [3.05, 3.63) is 53.6 Å². The summed E-state index contributed by atoms with van der Waals surface area (Å²) in [5.41, 5.74) is 8.83. The normalized spacial score (nSPS) is 15.0. The van der Waals surface area contributed by atoms with Crippen molar-refractivity contribution in [3.8, 4) is 0 Å². The van der Waals surface area contributed by atoms with Crippen LogP contribution in [-0.4, -0.2) is 45.5 Å². The summed E-state index contributed by atoms with van der Waals surface area (Å²) in [6.07, 6.45) is 1.38. The van der Waals surface area contributed by atoms with Gasteiger partial charge in [0.15, 0.2) is 11.0 Å². The molecule has 216 valence electrons. The number of carbonyl (C=O) groups is 4. The van der Waals surface area contributed by atoms with E-state index in [0.29, 0.717) is 29.8 Å². The van der Waals surface area contributed by atoms with Gasteiger partial charge in [-0.25, -0.2) is 13.8 Å². The average Bonchev–Trinajstić information content (AvgIpc) is 2.89. The van der Waals surface area contributed by atoms with Crippen LogP contribution in [0.1, 0.15) is 74.1 Å². The van der Waals surface area contributed by atoms with Gasteiger partial charge in [0.2, 0.25) is 11.8 Å². The third kappa shape index (κ3) is 7.89. The summed E-state index contributed by atoms with van der Waals surface area (Å²) in [6, 6.07) is 10.4. The fourth-order valence-corrected chi connectivity index (χ4v) is 5.77. The minimum atomic E-state index is -1.97. The molecule has 40 heavy (non-hydrogen) atoms. The zero-order valence-corrected chi connectivity index (χ0v) is 24.0. The number of hydrazine groups is 1. The van der Waals surface area contributed by atoms with Crippen LogP contribution in [0.3, 0.4) is 0 Å².